The number of carboxylic acids is 1. The van der Waals surface area contributed by atoms with Crippen molar-refractivity contribution in [1.29, 1.82) is 0 Å². The number of carbonyl (C=O) groups excluding carboxylic acids is 1. The van der Waals surface area contributed by atoms with E-state index in [9.17, 15) is 27.9 Å². The number of alkyl halides is 3. The molecule has 0 atom stereocenters. The van der Waals surface area contributed by atoms with Gasteiger partial charge in [-0.25, -0.2) is 9.59 Å². The third kappa shape index (κ3) is 5.21. The van der Waals surface area contributed by atoms with E-state index in [1.807, 2.05) is 6.07 Å². The number of carbonyl (C=O) groups is 2. The van der Waals surface area contributed by atoms with E-state index in [1.165, 1.54) is 12.5 Å². The maximum atomic E-state index is 13.3. The molecule has 0 radical (unpaired) electrons. The molecule has 1 fully saturated rings. The second kappa shape index (κ2) is 10.2. The molecule has 4 heterocycles. The predicted molar refractivity (Wildman–Crippen MR) is 133 cm³/mol. The number of hydrogen-bond acceptors (Lipinski definition) is 6. The first-order chi connectivity index (χ1) is 18.2. The molecule has 1 aromatic carbocycles. The Bertz CT molecular complexity index is 1510. The average Bonchev–Trinajstić information content (AvgIpc) is 3.29. The minimum absolute atomic E-state index is 0.124. The molecule has 1 amide bonds. The van der Waals surface area contributed by atoms with Crippen molar-refractivity contribution in [1.82, 2.24) is 24.6 Å². The number of carboxylic acid groups (broad SMARTS) is 1. The van der Waals surface area contributed by atoms with Gasteiger partial charge in [-0.3, -0.25) is 14.9 Å². The maximum Gasteiger partial charge on any atom is 0.418 e. The molecule has 0 bridgehead atoms. The molecule has 2 N–H and O–H groups in total. The van der Waals surface area contributed by atoms with Gasteiger partial charge in [0.05, 0.1) is 23.0 Å². The van der Waals surface area contributed by atoms with Gasteiger partial charge in [0.15, 0.2) is 5.69 Å². The number of halogens is 3. The van der Waals surface area contributed by atoms with Crippen LogP contribution in [0.5, 0.6) is 0 Å². The zero-order chi connectivity index (χ0) is 26.9. The first kappa shape index (κ1) is 25.3. The smallest absolute Gasteiger partial charge is 0.418 e. The van der Waals surface area contributed by atoms with E-state index in [4.69, 9.17) is 0 Å². The molecule has 0 spiro atoms. The highest BCUT2D eigenvalue weighted by molar-refractivity contribution is 6.06. The number of pyridine rings is 2. The Kier molecular flexibility index (Phi) is 6.81. The molecular weight excluding hydrogens is 501 g/mol. The summed E-state index contributed by atoms with van der Waals surface area (Å²) in [7, 11) is 0. The summed E-state index contributed by atoms with van der Waals surface area (Å²) in [5.74, 6) is -1.38. The largest absolute Gasteiger partial charge is 0.476 e. The minimum Gasteiger partial charge on any atom is -0.476 e. The summed E-state index contributed by atoms with van der Waals surface area (Å²) >= 11 is 0. The van der Waals surface area contributed by atoms with E-state index >= 15 is 0 Å². The lowest BCUT2D eigenvalue weighted by Gasteiger charge is -2.26. The first-order valence-electron chi connectivity index (χ1n) is 12.0. The molecule has 1 aliphatic rings. The lowest BCUT2D eigenvalue weighted by atomic mass is 10.0. The quantitative estimate of drug-likeness (QED) is 0.365. The monoisotopic (exact) mass is 524 g/mol. The number of aromatic carboxylic acids is 1. The topological polar surface area (TPSA) is 113 Å². The molecule has 4 aromatic rings. The molecule has 5 rings (SSSR count). The van der Waals surface area contributed by atoms with Crippen molar-refractivity contribution in [2.75, 3.05) is 18.4 Å². The fraction of sp³-hybridized carbons (Fsp3) is 0.269. The van der Waals surface area contributed by atoms with Gasteiger partial charge in [-0.15, -0.1) is 0 Å². The van der Waals surface area contributed by atoms with Crippen LogP contribution in [0, 0.1) is 0 Å². The van der Waals surface area contributed by atoms with Crippen LogP contribution in [-0.4, -0.2) is 54.8 Å². The number of amides is 1. The molecule has 9 nitrogen and oxygen atoms in total. The second-order valence-electron chi connectivity index (χ2n) is 9.07. The molecule has 38 heavy (non-hydrogen) atoms. The fourth-order valence-electron chi connectivity index (χ4n) is 4.63. The van der Waals surface area contributed by atoms with Gasteiger partial charge in [0.25, 0.3) is 0 Å². The molecule has 0 saturated carbocycles. The van der Waals surface area contributed by atoms with E-state index in [1.54, 1.807) is 24.5 Å². The number of fused-ring (bicyclic) bond motifs is 1. The average molecular weight is 525 g/mol. The van der Waals surface area contributed by atoms with Gasteiger partial charge in [-0.2, -0.15) is 23.0 Å². The van der Waals surface area contributed by atoms with Crippen LogP contribution < -0.4 is 5.32 Å². The number of nitrogens with one attached hydrogen (secondary N) is 1. The zero-order valence-electron chi connectivity index (χ0n) is 20.1. The molecular formula is C26H23F3N6O3. The third-order valence-corrected chi connectivity index (χ3v) is 6.43. The van der Waals surface area contributed by atoms with E-state index in [-0.39, 0.29) is 10.9 Å². The number of piperidine rings is 1. The van der Waals surface area contributed by atoms with Crippen LogP contribution in [0.3, 0.4) is 0 Å². The second-order valence-corrected chi connectivity index (χ2v) is 9.07. The molecule has 1 saturated heterocycles. The van der Waals surface area contributed by atoms with Crippen LogP contribution in [0.15, 0.2) is 55.1 Å². The van der Waals surface area contributed by atoms with Gasteiger partial charge in [0.1, 0.15) is 0 Å². The fourth-order valence-corrected chi connectivity index (χ4v) is 4.63. The number of likely N-dealkylation sites (tertiary alicyclic amines) is 1. The Morgan fingerprint density at radius 1 is 0.974 bits per heavy atom. The summed E-state index contributed by atoms with van der Waals surface area (Å²) in [6.45, 7) is 2.82. The molecule has 1 aliphatic heterocycles. The van der Waals surface area contributed by atoms with Crippen LogP contribution in [0.25, 0.3) is 22.0 Å². The lowest BCUT2D eigenvalue weighted by Crippen LogP contribution is -2.29. The Labute approximate surface area is 214 Å². The van der Waals surface area contributed by atoms with E-state index in [0.717, 1.165) is 66.7 Å². The zero-order valence-corrected chi connectivity index (χ0v) is 20.1. The number of benzene rings is 1. The molecule has 3 aromatic heterocycles. The molecule has 196 valence electrons. The van der Waals surface area contributed by atoms with Crippen LogP contribution in [0.2, 0.25) is 0 Å². The number of rotatable bonds is 5. The summed E-state index contributed by atoms with van der Waals surface area (Å²) < 4.78 is 40.8. The summed E-state index contributed by atoms with van der Waals surface area (Å²) in [4.78, 5) is 35.2. The van der Waals surface area contributed by atoms with Crippen molar-refractivity contribution < 1.29 is 27.9 Å². The van der Waals surface area contributed by atoms with Crippen molar-refractivity contribution in [3.63, 3.8) is 0 Å². The van der Waals surface area contributed by atoms with Crippen molar-refractivity contribution >= 4 is 28.6 Å². The maximum absolute atomic E-state index is 13.3. The van der Waals surface area contributed by atoms with Crippen molar-refractivity contribution in [2.24, 2.45) is 0 Å². The number of hydrogen-bond donors (Lipinski definition) is 2. The number of nitrogens with zero attached hydrogens (tertiary/aromatic N) is 5. The molecule has 12 heteroatoms. The van der Waals surface area contributed by atoms with Crippen molar-refractivity contribution in [2.45, 2.75) is 32.0 Å². The highest BCUT2D eigenvalue weighted by atomic mass is 19.4. The normalized spacial score (nSPS) is 14.5. The van der Waals surface area contributed by atoms with E-state index in [2.05, 4.69) is 25.3 Å². The van der Waals surface area contributed by atoms with Crippen molar-refractivity contribution in [3.8, 4) is 11.1 Å². The van der Waals surface area contributed by atoms with Crippen LogP contribution in [0.4, 0.5) is 23.7 Å². The third-order valence-electron chi connectivity index (χ3n) is 6.43. The van der Waals surface area contributed by atoms with Crippen LogP contribution in [0.1, 0.15) is 40.9 Å². The first-order valence-corrected chi connectivity index (χ1v) is 12.0. The molecule has 0 aliphatic carbocycles. The standard InChI is InChI=1S/C26H23F3N6O3/c27-26(28,29)20-6-7-30-14-21(20)32-25(38)35-22-5-4-17(11-19(22)23(33-35)24(36)37)18-10-16(12-31-13-18)15-34-8-2-1-3-9-34/h4-7,10-14H,1-3,8-9,15H2,(H,32,38)(H,36,37). The number of aromatic nitrogens is 4. The number of anilines is 1. The van der Waals surface area contributed by atoms with Crippen LogP contribution in [-0.2, 0) is 12.7 Å². The van der Waals surface area contributed by atoms with E-state index < -0.39 is 35.1 Å². The summed E-state index contributed by atoms with van der Waals surface area (Å²) in [5, 5.41) is 15.9. The molecule has 0 unspecified atom stereocenters. The van der Waals surface area contributed by atoms with Gasteiger partial charge in [-0.05, 0) is 61.3 Å². The lowest BCUT2D eigenvalue weighted by molar-refractivity contribution is -0.137. The van der Waals surface area contributed by atoms with Crippen molar-refractivity contribution in [3.05, 3.63) is 71.9 Å². The Morgan fingerprint density at radius 2 is 1.76 bits per heavy atom. The summed E-state index contributed by atoms with van der Waals surface area (Å²) in [6.07, 6.45) is 4.13. The van der Waals surface area contributed by atoms with Gasteiger partial charge in [-0.1, -0.05) is 12.5 Å². The Morgan fingerprint density at radius 3 is 2.50 bits per heavy atom. The van der Waals surface area contributed by atoms with E-state index in [0.29, 0.717) is 5.56 Å². The minimum atomic E-state index is -4.73. The highest BCUT2D eigenvalue weighted by Crippen LogP contribution is 2.34. The Hall–Kier alpha value is -4.32. The predicted octanol–water partition coefficient (Wildman–Crippen LogP) is 5.28. The van der Waals surface area contributed by atoms with Crippen LogP contribution >= 0.6 is 0 Å². The van der Waals surface area contributed by atoms with Gasteiger partial charge in [0.2, 0.25) is 0 Å². The van der Waals surface area contributed by atoms with Gasteiger partial charge >= 0.3 is 18.2 Å². The summed E-state index contributed by atoms with van der Waals surface area (Å²) in [5.41, 5.74) is 0.513. The summed E-state index contributed by atoms with van der Waals surface area (Å²) in [6, 6.07) is 6.45. The highest BCUT2D eigenvalue weighted by Gasteiger charge is 2.34. The Balaban J connectivity index is 1.48. The van der Waals surface area contributed by atoms with Gasteiger partial charge < -0.3 is 10.4 Å². The van der Waals surface area contributed by atoms with Gasteiger partial charge in [0, 0.05) is 36.1 Å². The SMILES string of the molecule is O=C(O)c1nn(C(=O)Nc2cnccc2C(F)(F)F)c2ccc(-c3cncc(CN4CCCCC4)c3)cc12.